The summed E-state index contributed by atoms with van der Waals surface area (Å²) in [6, 6.07) is -0.0672. The van der Waals surface area contributed by atoms with Gasteiger partial charge < -0.3 is 10.1 Å². The van der Waals surface area contributed by atoms with Gasteiger partial charge >= 0.3 is 5.97 Å². The topological polar surface area (TPSA) is 38.3 Å². The zero-order valence-corrected chi connectivity index (χ0v) is 10.1. The van der Waals surface area contributed by atoms with Crippen LogP contribution in [0.2, 0.25) is 0 Å². The lowest BCUT2D eigenvalue weighted by Crippen LogP contribution is -2.44. The third-order valence-electron chi connectivity index (χ3n) is 2.93. The van der Waals surface area contributed by atoms with Gasteiger partial charge in [-0.1, -0.05) is 27.2 Å². The zero-order valence-electron chi connectivity index (χ0n) is 10.1. The summed E-state index contributed by atoms with van der Waals surface area (Å²) in [7, 11) is 0. The van der Waals surface area contributed by atoms with Crippen LogP contribution in [0.1, 0.15) is 40.0 Å². The van der Waals surface area contributed by atoms with E-state index in [-0.39, 0.29) is 12.0 Å². The van der Waals surface area contributed by atoms with Crippen LogP contribution in [0.5, 0.6) is 0 Å². The molecule has 1 aliphatic rings. The maximum Gasteiger partial charge on any atom is 0.323 e. The molecule has 0 bridgehead atoms. The van der Waals surface area contributed by atoms with Crippen molar-refractivity contribution in [2.75, 3.05) is 13.2 Å². The lowest BCUT2D eigenvalue weighted by atomic mass is 9.90. The van der Waals surface area contributed by atoms with Crippen molar-refractivity contribution in [1.29, 1.82) is 0 Å². The minimum atomic E-state index is -0.0677. The molecule has 0 aromatic rings. The summed E-state index contributed by atoms with van der Waals surface area (Å²) in [4.78, 5) is 11.7. The van der Waals surface area contributed by atoms with Gasteiger partial charge in [0.15, 0.2) is 0 Å². The Kier molecular flexibility index (Phi) is 5.09. The second-order valence-electron chi connectivity index (χ2n) is 4.83. The first-order chi connectivity index (χ1) is 7.13. The van der Waals surface area contributed by atoms with Gasteiger partial charge in [0, 0.05) is 0 Å². The number of ether oxygens (including phenoxy) is 1. The third kappa shape index (κ3) is 4.20. The maximum atomic E-state index is 11.7. The van der Waals surface area contributed by atoms with E-state index in [9.17, 15) is 4.79 Å². The molecule has 0 radical (unpaired) electrons. The molecule has 0 saturated carbocycles. The number of hydrogen-bond acceptors (Lipinski definition) is 3. The van der Waals surface area contributed by atoms with Crippen molar-refractivity contribution in [2.24, 2.45) is 11.8 Å². The van der Waals surface area contributed by atoms with Gasteiger partial charge in [0.2, 0.25) is 0 Å². The van der Waals surface area contributed by atoms with Crippen LogP contribution in [0.25, 0.3) is 0 Å². The highest BCUT2D eigenvalue weighted by atomic mass is 16.5. The standard InChI is InChI=1S/C12H23NO2/c1-4-10-5-6-13-11(7-10)12(14)15-8-9(2)3/h9-11,13H,4-8H2,1-3H3. The Morgan fingerprint density at radius 2 is 2.27 bits per heavy atom. The number of nitrogens with one attached hydrogen (secondary N) is 1. The molecule has 0 aliphatic carbocycles. The van der Waals surface area contributed by atoms with Gasteiger partial charge in [-0.25, -0.2) is 0 Å². The Morgan fingerprint density at radius 3 is 2.87 bits per heavy atom. The monoisotopic (exact) mass is 213 g/mol. The summed E-state index contributed by atoms with van der Waals surface area (Å²) in [5.41, 5.74) is 0. The molecule has 0 aromatic heterocycles. The van der Waals surface area contributed by atoms with Gasteiger partial charge in [0.05, 0.1) is 6.61 Å². The fraction of sp³-hybridized carbons (Fsp3) is 0.917. The van der Waals surface area contributed by atoms with Crippen LogP contribution in [0.15, 0.2) is 0 Å². The van der Waals surface area contributed by atoms with Crippen molar-refractivity contribution in [3.8, 4) is 0 Å². The van der Waals surface area contributed by atoms with Crippen molar-refractivity contribution in [1.82, 2.24) is 5.32 Å². The molecule has 1 heterocycles. The average molecular weight is 213 g/mol. The number of rotatable bonds is 4. The van der Waals surface area contributed by atoms with E-state index in [4.69, 9.17) is 4.74 Å². The van der Waals surface area contributed by atoms with Crippen LogP contribution in [-0.4, -0.2) is 25.2 Å². The van der Waals surface area contributed by atoms with E-state index in [1.807, 2.05) is 0 Å². The highest BCUT2D eigenvalue weighted by Gasteiger charge is 2.26. The van der Waals surface area contributed by atoms with E-state index in [0.717, 1.165) is 19.4 Å². The van der Waals surface area contributed by atoms with Gasteiger partial charge in [0.1, 0.15) is 6.04 Å². The van der Waals surface area contributed by atoms with E-state index in [1.165, 1.54) is 6.42 Å². The van der Waals surface area contributed by atoms with E-state index < -0.39 is 0 Å². The lowest BCUT2D eigenvalue weighted by Gasteiger charge is -2.28. The normalized spacial score (nSPS) is 26.7. The van der Waals surface area contributed by atoms with Crippen molar-refractivity contribution < 1.29 is 9.53 Å². The molecule has 15 heavy (non-hydrogen) atoms. The number of piperidine rings is 1. The zero-order chi connectivity index (χ0) is 11.3. The minimum Gasteiger partial charge on any atom is -0.464 e. The summed E-state index contributed by atoms with van der Waals surface area (Å²) < 4.78 is 5.23. The summed E-state index contributed by atoms with van der Waals surface area (Å²) >= 11 is 0. The molecule has 3 heteroatoms. The van der Waals surface area contributed by atoms with Crippen LogP contribution in [-0.2, 0) is 9.53 Å². The van der Waals surface area contributed by atoms with E-state index in [1.54, 1.807) is 0 Å². The molecular weight excluding hydrogens is 190 g/mol. The summed E-state index contributed by atoms with van der Waals surface area (Å²) in [6.45, 7) is 7.77. The average Bonchev–Trinajstić information content (AvgIpc) is 2.26. The second-order valence-corrected chi connectivity index (χ2v) is 4.83. The van der Waals surface area contributed by atoms with E-state index in [2.05, 4.69) is 26.1 Å². The molecule has 2 atom stereocenters. The molecule has 0 aromatic carbocycles. The van der Waals surface area contributed by atoms with Crippen LogP contribution in [0.3, 0.4) is 0 Å². The van der Waals surface area contributed by atoms with Gasteiger partial charge in [-0.05, 0) is 31.2 Å². The quantitative estimate of drug-likeness (QED) is 0.726. The minimum absolute atomic E-state index is 0.0672. The van der Waals surface area contributed by atoms with E-state index >= 15 is 0 Å². The number of hydrogen-bond donors (Lipinski definition) is 1. The highest BCUT2D eigenvalue weighted by molar-refractivity contribution is 5.75. The smallest absolute Gasteiger partial charge is 0.323 e. The number of esters is 1. The van der Waals surface area contributed by atoms with Crippen molar-refractivity contribution in [3.63, 3.8) is 0 Å². The van der Waals surface area contributed by atoms with Gasteiger partial charge in [-0.3, -0.25) is 4.79 Å². The van der Waals surface area contributed by atoms with Crippen LogP contribution >= 0.6 is 0 Å². The Balaban J connectivity index is 2.32. The first-order valence-electron chi connectivity index (χ1n) is 6.03. The maximum absolute atomic E-state index is 11.7. The van der Waals surface area contributed by atoms with Crippen LogP contribution < -0.4 is 5.32 Å². The predicted octanol–water partition coefficient (Wildman–Crippen LogP) is 1.96. The molecule has 1 fully saturated rings. The Hall–Kier alpha value is -0.570. The first-order valence-corrected chi connectivity index (χ1v) is 6.03. The fourth-order valence-electron chi connectivity index (χ4n) is 1.90. The van der Waals surface area contributed by atoms with Gasteiger partial charge in [-0.15, -0.1) is 0 Å². The largest absolute Gasteiger partial charge is 0.464 e. The summed E-state index contributed by atoms with van der Waals surface area (Å²) in [5.74, 6) is 1.03. The lowest BCUT2D eigenvalue weighted by molar-refractivity contribution is -0.148. The van der Waals surface area contributed by atoms with Crippen molar-refractivity contribution in [2.45, 2.75) is 46.1 Å². The van der Waals surface area contributed by atoms with E-state index in [0.29, 0.717) is 18.4 Å². The predicted molar refractivity (Wildman–Crippen MR) is 60.6 cm³/mol. The molecule has 1 N–H and O–H groups in total. The molecular formula is C12H23NO2. The van der Waals surface area contributed by atoms with Crippen LogP contribution in [0.4, 0.5) is 0 Å². The highest BCUT2D eigenvalue weighted by Crippen LogP contribution is 2.19. The molecule has 1 saturated heterocycles. The first kappa shape index (κ1) is 12.5. The Labute approximate surface area is 92.6 Å². The molecule has 0 amide bonds. The Morgan fingerprint density at radius 1 is 1.53 bits per heavy atom. The second kappa shape index (κ2) is 6.11. The Bertz CT molecular complexity index is 204. The van der Waals surface area contributed by atoms with Crippen molar-refractivity contribution >= 4 is 5.97 Å². The summed E-state index contributed by atoms with van der Waals surface area (Å²) in [5, 5.41) is 3.23. The molecule has 0 spiro atoms. The molecule has 3 nitrogen and oxygen atoms in total. The van der Waals surface area contributed by atoms with Gasteiger partial charge in [-0.2, -0.15) is 0 Å². The summed E-state index contributed by atoms with van der Waals surface area (Å²) in [6.07, 6.45) is 3.29. The van der Waals surface area contributed by atoms with Gasteiger partial charge in [0.25, 0.3) is 0 Å². The SMILES string of the molecule is CCC1CCNC(C(=O)OCC(C)C)C1. The molecule has 1 rings (SSSR count). The number of carbonyl (C=O) groups excluding carboxylic acids is 1. The molecule has 1 aliphatic heterocycles. The fourth-order valence-corrected chi connectivity index (χ4v) is 1.90. The molecule has 2 unspecified atom stereocenters. The third-order valence-corrected chi connectivity index (χ3v) is 2.93. The van der Waals surface area contributed by atoms with Crippen LogP contribution in [0, 0.1) is 11.8 Å². The number of carbonyl (C=O) groups is 1. The van der Waals surface area contributed by atoms with Crippen molar-refractivity contribution in [3.05, 3.63) is 0 Å². The molecule has 88 valence electrons.